The average Bonchev–Trinajstić information content (AvgIpc) is 3.24. The van der Waals surface area contributed by atoms with Crippen LogP contribution in [0.1, 0.15) is 40.5 Å². The summed E-state index contributed by atoms with van der Waals surface area (Å²) >= 11 is 0. The number of esters is 4. The van der Waals surface area contributed by atoms with E-state index in [0.717, 1.165) is 21.0 Å². The topological polar surface area (TPSA) is 167 Å². The predicted octanol–water partition coefficient (Wildman–Crippen LogP) is 0.352. The predicted molar refractivity (Wildman–Crippen MR) is 121 cm³/mol. The summed E-state index contributed by atoms with van der Waals surface area (Å²) < 4.78 is 32.8. The Labute approximate surface area is 212 Å². The van der Waals surface area contributed by atoms with Crippen molar-refractivity contribution in [2.45, 2.75) is 82.1 Å². The normalized spacial score (nSPS) is 40.4. The molecule has 4 rings (SSSR count). The summed E-state index contributed by atoms with van der Waals surface area (Å²) in [6, 6.07) is 0. The van der Waals surface area contributed by atoms with Crippen molar-refractivity contribution in [3.8, 4) is 0 Å². The summed E-state index contributed by atoms with van der Waals surface area (Å²) in [6.45, 7) is 9.10. The Morgan fingerprint density at radius 2 is 1.81 bits per heavy atom. The smallest absolute Gasteiger partial charge is 0.338 e. The molecule has 4 bridgehead atoms. The third kappa shape index (κ3) is 4.70. The van der Waals surface area contributed by atoms with Gasteiger partial charge < -0.3 is 38.6 Å². The van der Waals surface area contributed by atoms with Crippen LogP contribution in [0.3, 0.4) is 0 Å². The molecule has 1 fully saturated rings. The molecular weight excluding hydrogens is 492 g/mol. The minimum atomic E-state index is -2.46. The van der Waals surface area contributed by atoms with Crippen molar-refractivity contribution in [2.24, 2.45) is 5.92 Å². The Balaban J connectivity index is 1.90. The highest BCUT2D eigenvalue weighted by atomic mass is 16.8. The van der Waals surface area contributed by atoms with Gasteiger partial charge in [-0.05, 0) is 38.0 Å². The second-order valence-electron chi connectivity index (χ2n) is 9.95. The second kappa shape index (κ2) is 9.05. The van der Waals surface area contributed by atoms with E-state index in [-0.39, 0.29) is 29.6 Å². The maximum absolute atomic E-state index is 12.8. The highest BCUT2D eigenvalue weighted by molar-refractivity contribution is 5.93. The fraction of sp³-hybridized carbons (Fsp3) is 0.600. The van der Waals surface area contributed by atoms with E-state index in [1.807, 2.05) is 0 Å². The van der Waals surface area contributed by atoms with Crippen LogP contribution in [0.4, 0.5) is 0 Å². The number of carbonyl (C=O) groups is 4. The van der Waals surface area contributed by atoms with Crippen LogP contribution in [0.2, 0.25) is 0 Å². The monoisotopic (exact) mass is 522 g/mol. The van der Waals surface area contributed by atoms with Crippen LogP contribution in [0.15, 0.2) is 35.5 Å². The van der Waals surface area contributed by atoms with Gasteiger partial charge in [-0.3, -0.25) is 9.59 Å². The molecule has 0 aromatic heterocycles. The van der Waals surface area contributed by atoms with E-state index < -0.39 is 71.4 Å². The molecule has 0 saturated carbocycles. The lowest BCUT2D eigenvalue weighted by Gasteiger charge is -2.40. The van der Waals surface area contributed by atoms with Crippen LogP contribution in [-0.2, 0) is 47.6 Å². The lowest BCUT2D eigenvalue weighted by Crippen LogP contribution is -2.55. The second-order valence-corrected chi connectivity index (χ2v) is 9.95. The van der Waals surface area contributed by atoms with Crippen molar-refractivity contribution < 1.29 is 57.8 Å². The van der Waals surface area contributed by atoms with Crippen LogP contribution < -0.4 is 0 Å². The standard InChI is InChI=1S/C25H30O12/c1-11-9-24(30)22-23(5,36-22)10-15-7-17(21(29)35-15)18(33-13(3)26)8-16(12(2)20(28)32-6)19(34-14(4)27)25(11,31)37-24/h7,9,15-16,18-19,22,30-31H,2,8,10H2,1,3-6H3. The molecule has 0 aliphatic carbocycles. The van der Waals surface area contributed by atoms with Crippen LogP contribution in [0.5, 0.6) is 0 Å². The molecule has 4 heterocycles. The third-order valence-corrected chi connectivity index (χ3v) is 7.10. The van der Waals surface area contributed by atoms with E-state index in [0.29, 0.717) is 0 Å². The van der Waals surface area contributed by atoms with Crippen LogP contribution in [0, 0.1) is 5.92 Å². The Bertz CT molecular complexity index is 1120. The summed E-state index contributed by atoms with van der Waals surface area (Å²) in [5.74, 6) is -9.20. The Kier molecular flexibility index (Phi) is 6.60. The number of epoxide rings is 1. The Hall–Kier alpha value is -3.06. The van der Waals surface area contributed by atoms with Gasteiger partial charge >= 0.3 is 23.9 Å². The molecule has 8 atom stereocenters. The number of methoxy groups -OCH3 is 1. The van der Waals surface area contributed by atoms with Gasteiger partial charge in [0, 0.05) is 31.8 Å². The maximum Gasteiger partial charge on any atom is 0.338 e. The minimum Gasteiger partial charge on any atom is -0.466 e. The first-order chi connectivity index (χ1) is 17.1. The molecule has 0 aromatic carbocycles. The molecule has 0 amide bonds. The highest BCUT2D eigenvalue weighted by Crippen LogP contribution is 2.54. The molecule has 37 heavy (non-hydrogen) atoms. The van der Waals surface area contributed by atoms with Crippen molar-refractivity contribution in [2.75, 3.05) is 7.11 Å². The number of hydrogen-bond donors (Lipinski definition) is 2. The molecule has 4 aliphatic rings. The number of carbonyl (C=O) groups excluding carboxylic acids is 4. The van der Waals surface area contributed by atoms with E-state index in [2.05, 4.69) is 6.58 Å². The number of ether oxygens (including phenoxy) is 6. The fourth-order valence-corrected chi connectivity index (χ4v) is 5.36. The molecule has 12 heteroatoms. The molecule has 0 radical (unpaired) electrons. The molecule has 0 aromatic rings. The third-order valence-electron chi connectivity index (χ3n) is 7.10. The lowest BCUT2D eigenvalue weighted by atomic mass is 9.81. The van der Waals surface area contributed by atoms with Crippen molar-refractivity contribution in [3.05, 3.63) is 35.5 Å². The van der Waals surface area contributed by atoms with Gasteiger partial charge in [-0.25, -0.2) is 9.59 Å². The molecule has 8 unspecified atom stereocenters. The number of hydrogen-bond acceptors (Lipinski definition) is 12. The molecule has 4 aliphatic heterocycles. The van der Waals surface area contributed by atoms with E-state index in [1.165, 1.54) is 19.1 Å². The summed E-state index contributed by atoms with van der Waals surface area (Å²) in [5, 5.41) is 23.2. The van der Waals surface area contributed by atoms with Crippen LogP contribution in [-0.4, -0.2) is 82.8 Å². The molecule has 1 saturated heterocycles. The van der Waals surface area contributed by atoms with Gasteiger partial charge in [0.2, 0.25) is 11.6 Å². The van der Waals surface area contributed by atoms with Crippen LogP contribution >= 0.6 is 0 Å². The lowest BCUT2D eigenvalue weighted by molar-refractivity contribution is -0.320. The Morgan fingerprint density at radius 1 is 1.16 bits per heavy atom. The molecular formula is C25H30O12. The molecule has 12 nitrogen and oxygen atoms in total. The van der Waals surface area contributed by atoms with Crippen molar-refractivity contribution >= 4 is 23.9 Å². The first-order valence-electron chi connectivity index (χ1n) is 11.7. The zero-order valence-electron chi connectivity index (χ0n) is 21.1. The van der Waals surface area contributed by atoms with E-state index in [1.54, 1.807) is 6.92 Å². The first kappa shape index (κ1) is 27.0. The number of aliphatic hydroxyl groups is 2. The molecule has 2 N–H and O–H groups in total. The Morgan fingerprint density at radius 3 is 2.41 bits per heavy atom. The van der Waals surface area contributed by atoms with Gasteiger partial charge in [0.25, 0.3) is 0 Å². The van der Waals surface area contributed by atoms with Gasteiger partial charge in [0.1, 0.15) is 23.9 Å². The SMILES string of the molecule is C=C(C(=O)OC)C1CC(OC(C)=O)C2=CC(CC3(C)OC3C3(O)C=C(C)C(O)(O3)C1OC(C)=O)OC2=O. The van der Waals surface area contributed by atoms with E-state index >= 15 is 0 Å². The quantitative estimate of drug-likeness (QED) is 0.171. The largest absolute Gasteiger partial charge is 0.466 e. The van der Waals surface area contributed by atoms with Gasteiger partial charge in [-0.1, -0.05) is 6.58 Å². The minimum absolute atomic E-state index is 0.00599. The maximum atomic E-state index is 12.8. The summed E-state index contributed by atoms with van der Waals surface area (Å²) in [6.07, 6.45) is -2.24. The van der Waals surface area contributed by atoms with Crippen molar-refractivity contribution in [3.63, 3.8) is 0 Å². The van der Waals surface area contributed by atoms with Gasteiger partial charge in [-0.15, -0.1) is 0 Å². The highest BCUT2D eigenvalue weighted by Gasteiger charge is 2.69. The zero-order chi connectivity index (χ0) is 27.5. The van der Waals surface area contributed by atoms with Gasteiger partial charge in [0.05, 0.1) is 12.7 Å². The van der Waals surface area contributed by atoms with Crippen molar-refractivity contribution in [1.82, 2.24) is 0 Å². The average molecular weight is 523 g/mol. The fourth-order valence-electron chi connectivity index (χ4n) is 5.36. The molecule has 0 spiro atoms. The summed E-state index contributed by atoms with van der Waals surface area (Å²) in [5.41, 5.74) is -1.23. The molecule has 202 valence electrons. The number of fused-ring (bicyclic) bond motifs is 5. The zero-order valence-corrected chi connectivity index (χ0v) is 21.1. The van der Waals surface area contributed by atoms with E-state index in [9.17, 15) is 29.4 Å². The first-order valence-corrected chi connectivity index (χ1v) is 11.7. The van der Waals surface area contributed by atoms with Gasteiger partial charge in [-0.2, -0.15) is 0 Å². The van der Waals surface area contributed by atoms with Crippen LogP contribution in [0.25, 0.3) is 0 Å². The number of rotatable bonds is 4. The summed E-state index contributed by atoms with van der Waals surface area (Å²) in [4.78, 5) is 49.6. The van der Waals surface area contributed by atoms with Gasteiger partial charge in [0.15, 0.2) is 6.10 Å². The van der Waals surface area contributed by atoms with Crippen molar-refractivity contribution in [1.29, 1.82) is 0 Å². The summed E-state index contributed by atoms with van der Waals surface area (Å²) in [7, 11) is 1.11. The van der Waals surface area contributed by atoms with E-state index in [4.69, 9.17) is 28.4 Å².